The first kappa shape index (κ1) is 20.0. The molecule has 3 fully saturated rings. The first-order valence-corrected chi connectivity index (χ1v) is 10.9. The predicted octanol–water partition coefficient (Wildman–Crippen LogP) is 6.28. The lowest BCUT2D eigenvalue weighted by molar-refractivity contribution is -0.0260. The number of carbonyl (C=O) groups is 1. The van der Waals surface area contributed by atoms with Gasteiger partial charge in [-0.2, -0.15) is 0 Å². The topological polar surface area (TPSA) is 35.5 Å². The van der Waals surface area contributed by atoms with E-state index in [1.54, 1.807) is 20.8 Å². The van der Waals surface area contributed by atoms with E-state index in [0.29, 0.717) is 18.3 Å². The molecule has 0 aliphatic heterocycles. The summed E-state index contributed by atoms with van der Waals surface area (Å²) in [5.74, 6) is 2.83. The van der Waals surface area contributed by atoms with Gasteiger partial charge in [0, 0.05) is 6.07 Å². The zero-order valence-electron chi connectivity index (χ0n) is 17.0. The van der Waals surface area contributed by atoms with Crippen LogP contribution in [0.3, 0.4) is 0 Å². The third kappa shape index (κ3) is 4.17. The average Bonchev–Trinajstić information content (AvgIpc) is 2.58. The summed E-state index contributed by atoms with van der Waals surface area (Å²) in [4.78, 5) is 12.2. The van der Waals surface area contributed by atoms with Crippen LogP contribution >= 0.6 is 11.6 Å². The van der Waals surface area contributed by atoms with Crippen molar-refractivity contribution >= 4 is 17.6 Å². The van der Waals surface area contributed by atoms with Gasteiger partial charge in [0.2, 0.25) is 0 Å². The highest BCUT2D eigenvalue weighted by atomic mass is 35.5. The van der Waals surface area contributed by atoms with Gasteiger partial charge >= 0.3 is 5.97 Å². The average molecular weight is 409 g/mol. The number of esters is 1. The van der Waals surface area contributed by atoms with Gasteiger partial charge in [-0.15, -0.1) is 0 Å². The normalized spacial score (nSPS) is 31.5. The minimum absolute atomic E-state index is 0.155. The van der Waals surface area contributed by atoms with E-state index in [0.717, 1.165) is 23.7 Å². The SMILES string of the molecule is CC(C)(C)OC(=O)c1cc(Cl)c(OCC2CC3CC4CCC2C(C4)C3)cc1F. The maximum absolute atomic E-state index is 14.5. The largest absolute Gasteiger partial charge is 0.492 e. The van der Waals surface area contributed by atoms with Crippen molar-refractivity contribution in [3.05, 3.63) is 28.5 Å². The van der Waals surface area contributed by atoms with Crippen molar-refractivity contribution in [3.8, 4) is 5.75 Å². The van der Waals surface area contributed by atoms with Gasteiger partial charge in [0.15, 0.2) is 0 Å². The van der Waals surface area contributed by atoms with E-state index in [1.807, 2.05) is 0 Å². The van der Waals surface area contributed by atoms with E-state index < -0.39 is 17.4 Å². The minimum Gasteiger partial charge on any atom is -0.492 e. The highest BCUT2D eigenvalue weighted by Crippen LogP contribution is 2.54. The molecule has 0 spiro atoms. The molecule has 3 saturated carbocycles. The number of rotatable bonds is 4. The van der Waals surface area contributed by atoms with Gasteiger partial charge in [-0.25, -0.2) is 9.18 Å². The molecule has 0 heterocycles. The molecule has 1 aromatic rings. The fraction of sp³-hybridized carbons (Fsp3) is 0.696. The minimum atomic E-state index is -0.713. The number of hydrogen-bond acceptors (Lipinski definition) is 3. The molecule has 4 rings (SSSR count). The second kappa shape index (κ2) is 7.51. The Kier molecular flexibility index (Phi) is 5.37. The van der Waals surface area contributed by atoms with E-state index in [-0.39, 0.29) is 10.6 Å². The summed E-state index contributed by atoms with van der Waals surface area (Å²) in [6, 6.07) is 2.54. The third-order valence-corrected chi connectivity index (χ3v) is 7.08. The predicted molar refractivity (Wildman–Crippen MR) is 107 cm³/mol. The summed E-state index contributed by atoms with van der Waals surface area (Å²) in [5, 5.41) is 0.252. The summed E-state index contributed by atoms with van der Waals surface area (Å²) >= 11 is 6.31. The molecule has 3 nitrogen and oxygen atoms in total. The second-order valence-electron chi connectivity index (χ2n) is 10.0. The smallest absolute Gasteiger partial charge is 0.341 e. The number of hydrogen-bond donors (Lipinski definition) is 0. The van der Waals surface area contributed by atoms with Gasteiger partial charge in [0.1, 0.15) is 17.2 Å². The molecule has 5 unspecified atom stereocenters. The fourth-order valence-electron chi connectivity index (χ4n) is 5.80. The van der Waals surface area contributed by atoms with Gasteiger partial charge in [0.05, 0.1) is 17.2 Å². The van der Waals surface area contributed by atoms with Gasteiger partial charge in [-0.1, -0.05) is 18.0 Å². The fourth-order valence-corrected chi connectivity index (χ4v) is 6.02. The van der Waals surface area contributed by atoms with Crippen molar-refractivity contribution in [3.63, 3.8) is 0 Å². The highest BCUT2D eigenvalue weighted by Gasteiger charge is 2.45. The standard InChI is InChI=1S/C23H30ClFO3/c1-23(2,3)28-22(26)18-10-19(24)21(11-20(18)25)27-12-16-9-14-6-13-4-5-17(16)15(7-13)8-14/h10-11,13-17H,4-9,12H2,1-3H3. The molecule has 5 atom stereocenters. The van der Waals surface area contributed by atoms with Crippen LogP contribution in [-0.4, -0.2) is 18.2 Å². The lowest BCUT2D eigenvalue weighted by atomic mass is 9.54. The van der Waals surface area contributed by atoms with E-state index in [4.69, 9.17) is 21.1 Å². The summed E-state index contributed by atoms with van der Waals surface area (Å²) in [6.45, 7) is 5.81. The van der Waals surface area contributed by atoms with Crippen molar-refractivity contribution in [2.24, 2.45) is 29.6 Å². The molecule has 1 aromatic carbocycles. The lowest BCUT2D eigenvalue weighted by Gasteiger charge is -2.51. The number of benzene rings is 1. The molecule has 3 aliphatic rings. The summed E-state index contributed by atoms with van der Waals surface area (Å²) in [6.07, 6.45) is 8.02. The van der Waals surface area contributed by atoms with Crippen molar-refractivity contribution < 1.29 is 18.7 Å². The second-order valence-corrected chi connectivity index (χ2v) is 10.4. The zero-order valence-corrected chi connectivity index (χ0v) is 17.7. The van der Waals surface area contributed by atoms with Crippen LogP contribution in [0.4, 0.5) is 4.39 Å². The van der Waals surface area contributed by atoms with Crippen molar-refractivity contribution in [2.45, 2.75) is 64.9 Å². The zero-order chi connectivity index (χ0) is 20.1. The van der Waals surface area contributed by atoms with Gasteiger partial charge < -0.3 is 9.47 Å². The molecular weight excluding hydrogens is 379 g/mol. The Morgan fingerprint density at radius 2 is 1.89 bits per heavy atom. The van der Waals surface area contributed by atoms with Crippen molar-refractivity contribution in [2.75, 3.05) is 6.61 Å². The van der Waals surface area contributed by atoms with Crippen LogP contribution < -0.4 is 4.74 Å². The van der Waals surface area contributed by atoms with Crippen LogP contribution in [0.5, 0.6) is 5.75 Å². The number of halogens is 2. The molecule has 0 amide bonds. The molecule has 3 aliphatic carbocycles. The molecule has 0 saturated heterocycles. The molecule has 0 aromatic heterocycles. The Bertz CT molecular complexity index is 751. The van der Waals surface area contributed by atoms with Crippen molar-refractivity contribution in [1.82, 2.24) is 0 Å². The van der Waals surface area contributed by atoms with Crippen molar-refractivity contribution in [1.29, 1.82) is 0 Å². The van der Waals surface area contributed by atoms with Gasteiger partial charge in [-0.3, -0.25) is 0 Å². The van der Waals surface area contributed by atoms with Crippen LogP contribution in [-0.2, 0) is 4.74 Å². The van der Waals surface area contributed by atoms with Crippen LogP contribution in [0.1, 0.15) is 69.7 Å². The first-order chi connectivity index (χ1) is 13.2. The third-order valence-electron chi connectivity index (χ3n) is 6.79. The molecule has 5 heteroatoms. The molecule has 154 valence electrons. The van der Waals surface area contributed by atoms with Crippen LogP contribution in [0.2, 0.25) is 5.02 Å². The van der Waals surface area contributed by atoms with Crippen LogP contribution in [0.25, 0.3) is 0 Å². The van der Waals surface area contributed by atoms with E-state index in [1.165, 1.54) is 50.7 Å². The monoisotopic (exact) mass is 408 g/mol. The van der Waals surface area contributed by atoms with E-state index in [9.17, 15) is 9.18 Å². The Morgan fingerprint density at radius 3 is 2.64 bits per heavy atom. The summed E-state index contributed by atoms with van der Waals surface area (Å²) in [7, 11) is 0. The lowest BCUT2D eigenvalue weighted by Crippen LogP contribution is -2.44. The number of carbonyl (C=O) groups excluding carboxylic acids is 1. The Labute approximate surface area is 171 Å². The number of ether oxygens (including phenoxy) is 2. The molecule has 3 bridgehead atoms. The van der Waals surface area contributed by atoms with E-state index in [2.05, 4.69) is 0 Å². The quantitative estimate of drug-likeness (QED) is 0.550. The Balaban J connectivity index is 1.44. The van der Waals surface area contributed by atoms with Gasteiger partial charge in [0.25, 0.3) is 0 Å². The maximum atomic E-state index is 14.5. The summed E-state index contributed by atoms with van der Waals surface area (Å²) < 4.78 is 25.8. The van der Waals surface area contributed by atoms with Crippen LogP contribution in [0, 0.1) is 35.4 Å². The summed E-state index contributed by atoms with van der Waals surface area (Å²) in [5.41, 5.74) is -0.846. The number of fused-ring (bicyclic) bond motifs is 2. The van der Waals surface area contributed by atoms with Gasteiger partial charge in [-0.05, 0) is 88.5 Å². The molecule has 28 heavy (non-hydrogen) atoms. The maximum Gasteiger partial charge on any atom is 0.341 e. The van der Waals surface area contributed by atoms with Crippen LogP contribution in [0.15, 0.2) is 12.1 Å². The molecule has 0 radical (unpaired) electrons. The van der Waals surface area contributed by atoms with E-state index >= 15 is 0 Å². The highest BCUT2D eigenvalue weighted by molar-refractivity contribution is 6.32. The first-order valence-electron chi connectivity index (χ1n) is 10.5. The Morgan fingerprint density at radius 1 is 1.14 bits per heavy atom. The Hall–Kier alpha value is -1.29. The molecular formula is C23H30ClFO3. The molecule has 0 N–H and O–H groups in total.